The molecule has 2 aromatic rings. The minimum atomic E-state index is -0.998. The van der Waals surface area contributed by atoms with Gasteiger partial charge in [0.2, 0.25) is 0 Å². The van der Waals surface area contributed by atoms with E-state index in [1.807, 2.05) is 24.3 Å². The number of hydrogen-bond acceptors (Lipinski definition) is 2. The first-order valence-corrected chi connectivity index (χ1v) is 8.50. The SMILES string of the molecule is COc1ccc(C2CCCCCN2C(=O)c2ccc(F)c(F)c2)cc1. The number of methoxy groups -OCH3 is 1. The number of likely N-dealkylation sites (tertiary alicyclic amines) is 1. The van der Waals surface area contributed by atoms with E-state index < -0.39 is 11.6 Å². The van der Waals surface area contributed by atoms with Crippen molar-refractivity contribution in [2.45, 2.75) is 31.7 Å². The Balaban J connectivity index is 1.91. The van der Waals surface area contributed by atoms with Crippen molar-refractivity contribution in [1.82, 2.24) is 4.90 Å². The number of ether oxygens (including phenoxy) is 1. The second-order valence-corrected chi connectivity index (χ2v) is 6.27. The van der Waals surface area contributed by atoms with Gasteiger partial charge in [0.1, 0.15) is 5.75 Å². The highest BCUT2D eigenvalue weighted by Gasteiger charge is 2.28. The van der Waals surface area contributed by atoms with Crippen molar-refractivity contribution in [3.63, 3.8) is 0 Å². The molecule has 132 valence electrons. The first kappa shape index (κ1) is 17.4. The fourth-order valence-electron chi connectivity index (χ4n) is 3.32. The number of benzene rings is 2. The Kier molecular flexibility index (Phi) is 5.31. The maximum atomic E-state index is 13.5. The third-order valence-corrected chi connectivity index (χ3v) is 4.68. The van der Waals surface area contributed by atoms with Gasteiger partial charge in [0, 0.05) is 12.1 Å². The van der Waals surface area contributed by atoms with E-state index >= 15 is 0 Å². The Labute approximate surface area is 146 Å². The summed E-state index contributed by atoms with van der Waals surface area (Å²) in [7, 11) is 1.61. The van der Waals surface area contributed by atoms with Gasteiger partial charge in [-0.15, -0.1) is 0 Å². The lowest BCUT2D eigenvalue weighted by Gasteiger charge is -2.30. The number of nitrogens with zero attached hydrogens (tertiary/aromatic N) is 1. The quantitative estimate of drug-likeness (QED) is 0.805. The first-order chi connectivity index (χ1) is 12.1. The monoisotopic (exact) mass is 345 g/mol. The largest absolute Gasteiger partial charge is 0.497 e. The summed E-state index contributed by atoms with van der Waals surface area (Å²) in [6.45, 7) is 0.606. The molecule has 5 heteroatoms. The van der Waals surface area contributed by atoms with E-state index in [1.165, 1.54) is 6.07 Å². The maximum Gasteiger partial charge on any atom is 0.254 e. The van der Waals surface area contributed by atoms with Crippen LogP contribution in [-0.2, 0) is 0 Å². The Hall–Kier alpha value is -2.43. The minimum Gasteiger partial charge on any atom is -0.497 e. The van der Waals surface area contributed by atoms with Crippen LogP contribution < -0.4 is 4.74 Å². The smallest absolute Gasteiger partial charge is 0.254 e. The number of carbonyl (C=O) groups excluding carboxylic acids is 1. The molecular weight excluding hydrogens is 324 g/mol. The Morgan fingerprint density at radius 2 is 1.80 bits per heavy atom. The molecule has 3 nitrogen and oxygen atoms in total. The fourth-order valence-corrected chi connectivity index (χ4v) is 3.32. The third kappa shape index (κ3) is 3.81. The molecule has 3 rings (SSSR count). The van der Waals surface area contributed by atoms with Crippen molar-refractivity contribution < 1.29 is 18.3 Å². The van der Waals surface area contributed by atoms with Crippen LogP contribution in [0.25, 0.3) is 0 Å². The zero-order valence-corrected chi connectivity index (χ0v) is 14.2. The van der Waals surface area contributed by atoms with Crippen molar-refractivity contribution >= 4 is 5.91 Å². The summed E-state index contributed by atoms with van der Waals surface area (Å²) in [4.78, 5) is 14.7. The summed E-state index contributed by atoms with van der Waals surface area (Å²) in [6, 6.07) is 10.9. The highest BCUT2D eigenvalue weighted by molar-refractivity contribution is 5.94. The second kappa shape index (κ2) is 7.64. The molecule has 1 aliphatic heterocycles. The molecule has 25 heavy (non-hydrogen) atoms. The average molecular weight is 345 g/mol. The van der Waals surface area contributed by atoms with E-state index in [9.17, 15) is 13.6 Å². The number of halogens is 2. The normalized spacial score (nSPS) is 17.9. The molecule has 1 fully saturated rings. The molecule has 1 heterocycles. The van der Waals surface area contributed by atoms with Crippen LogP contribution in [0, 0.1) is 11.6 Å². The van der Waals surface area contributed by atoms with Gasteiger partial charge in [-0.05, 0) is 48.7 Å². The van der Waals surface area contributed by atoms with Crippen LogP contribution in [0.15, 0.2) is 42.5 Å². The topological polar surface area (TPSA) is 29.5 Å². The molecule has 1 amide bonds. The van der Waals surface area contributed by atoms with Crippen LogP contribution in [0.3, 0.4) is 0 Å². The summed E-state index contributed by atoms with van der Waals surface area (Å²) >= 11 is 0. The van der Waals surface area contributed by atoms with Crippen molar-refractivity contribution in [3.8, 4) is 5.75 Å². The highest BCUT2D eigenvalue weighted by atomic mass is 19.2. The fraction of sp³-hybridized carbons (Fsp3) is 0.350. The van der Waals surface area contributed by atoms with Crippen LogP contribution in [0.4, 0.5) is 8.78 Å². The van der Waals surface area contributed by atoms with Gasteiger partial charge in [-0.25, -0.2) is 8.78 Å². The molecule has 0 saturated carbocycles. The molecule has 0 spiro atoms. The van der Waals surface area contributed by atoms with Crippen molar-refractivity contribution in [2.75, 3.05) is 13.7 Å². The summed E-state index contributed by atoms with van der Waals surface area (Å²) in [5.74, 6) is -1.45. The predicted molar refractivity (Wildman–Crippen MR) is 91.6 cm³/mol. The Morgan fingerprint density at radius 3 is 2.48 bits per heavy atom. The van der Waals surface area contributed by atoms with Crippen LogP contribution in [0.1, 0.15) is 47.6 Å². The molecular formula is C20H21F2NO2. The van der Waals surface area contributed by atoms with Gasteiger partial charge >= 0.3 is 0 Å². The van der Waals surface area contributed by atoms with Gasteiger partial charge in [0.25, 0.3) is 5.91 Å². The first-order valence-electron chi connectivity index (χ1n) is 8.50. The van der Waals surface area contributed by atoms with Gasteiger partial charge in [0.05, 0.1) is 13.2 Å². The molecule has 0 radical (unpaired) electrons. The van der Waals surface area contributed by atoms with E-state index in [2.05, 4.69) is 0 Å². The predicted octanol–water partition coefficient (Wildman–Crippen LogP) is 4.73. The summed E-state index contributed by atoms with van der Waals surface area (Å²) in [6.07, 6.45) is 3.83. The van der Waals surface area contributed by atoms with Gasteiger partial charge in [0.15, 0.2) is 11.6 Å². The molecule has 1 aliphatic rings. The number of carbonyl (C=O) groups is 1. The van der Waals surface area contributed by atoms with Crippen LogP contribution in [0.2, 0.25) is 0 Å². The lowest BCUT2D eigenvalue weighted by atomic mass is 10.00. The van der Waals surface area contributed by atoms with Crippen molar-refractivity contribution in [1.29, 1.82) is 0 Å². The van der Waals surface area contributed by atoms with Crippen LogP contribution >= 0.6 is 0 Å². The van der Waals surface area contributed by atoms with Crippen LogP contribution in [0.5, 0.6) is 5.75 Å². The zero-order chi connectivity index (χ0) is 17.8. The number of amides is 1. The van der Waals surface area contributed by atoms with Crippen LogP contribution in [-0.4, -0.2) is 24.5 Å². The molecule has 0 aliphatic carbocycles. The van der Waals surface area contributed by atoms with Gasteiger partial charge in [-0.1, -0.05) is 25.0 Å². The van der Waals surface area contributed by atoms with E-state index in [0.29, 0.717) is 6.54 Å². The van der Waals surface area contributed by atoms with E-state index in [4.69, 9.17) is 4.74 Å². The Bertz CT molecular complexity index is 746. The molecule has 0 bridgehead atoms. The third-order valence-electron chi connectivity index (χ3n) is 4.68. The van der Waals surface area contributed by atoms with Crippen molar-refractivity contribution in [3.05, 3.63) is 65.2 Å². The lowest BCUT2D eigenvalue weighted by Crippen LogP contribution is -2.34. The van der Waals surface area contributed by atoms with Gasteiger partial charge < -0.3 is 9.64 Å². The summed E-state index contributed by atoms with van der Waals surface area (Å²) in [5.41, 5.74) is 1.21. The number of rotatable bonds is 3. The maximum absolute atomic E-state index is 13.5. The summed E-state index contributed by atoms with van der Waals surface area (Å²) in [5, 5.41) is 0. The van der Waals surface area contributed by atoms with Crippen molar-refractivity contribution in [2.24, 2.45) is 0 Å². The molecule has 0 N–H and O–H groups in total. The molecule has 2 aromatic carbocycles. The van der Waals surface area contributed by atoms with E-state index in [0.717, 1.165) is 49.1 Å². The molecule has 1 atom stereocenters. The summed E-state index contributed by atoms with van der Waals surface area (Å²) < 4.78 is 31.9. The minimum absolute atomic E-state index is 0.0750. The highest BCUT2D eigenvalue weighted by Crippen LogP contribution is 2.32. The molecule has 1 unspecified atom stereocenters. The van der Waals surface area contributed by atoms with E-state index in [1.54, 1.807) is 12.0 Å². The zero-order valence-electron chi connectivity index (χ0n) is 14.2. The van der Waals surface area contributed by atoms with Gasteiger partial charge in [-0.2, -0.15) is 0 Å². The molecule has 0 aromatic heterocycles. The number of hydrogen-bond donors (Lipinski definition) is 0. The lowest BCUT2D eigenvalue weighted by molar-refractivity contribution is 0.0680. The van der Waals surface area contributed by atoms with E-state index in [-0.39, 0.29) is 17.5 Å². The average Bonchev–Trinajstić information content (AvgIpc) is 2.89. The molecule has 1 saturated heterocycles. The van der Waals surface area contributed by atoms with Gasteiger partial charge in [-0.3, -0.25) is 4.79 Å². The Morgan fingerprint density at radius 1 is 1.04 bits per heavy atom. The standard InChI is InChI=1S/C20H21F2NO2/c1-25-16-9-6-14(7-10-16)19-5-3-2-4-12-23(19)20(24)15-8-11-17(21)18(22)13-15/h6-11,13,19H,2-5,12H2,1H3. The second-order valence-electron chi connectivity index (χ2n) is 6.27.